The standard InChI is InChI=1S/C28H26FN3O3/c1-2-35-28(34)25-18-26(20-10-12-21(29)13-11-20)32(30-25)22-14-16-31(17-15-22)27(33)24-9-5-7-19-6-3-4-8-23(19)24/h3-13,18,22H,2,14-17H2,1H3. The molecule has 178 valence electrons. The molecule has 1 aliphatic heterocycles. The average molecular weight is 472 g/mol. The third-order valence-corrected chi connectivity index (χ3v) is 6.48. The largest absolute Gasteiger partial charge is 0.461 e. The van der Waals surface area contributed by atoms with Crippen LogP contribution in [0.25, 0.3) is 22.0 Å². The van der Waals surface area contributed by atoms with E-state index in [1.165, 1.54) is 12.1 Å². The number of amides is 1. The summed E-state index contributed by atoms with van der Waals surface area (Å²) in [6, 6.07) is 21.5. The number of esters is 1. The summed E-state index contributed by atoms with van der Waals surface area (Å²) in [7, 11) is 0. The molecule has 0 aliphatic carbocycles. The van der Waals surface area contributed by atoms with Crippen LogP contribution in [0, 0.1) is 5.82 Å². The second-order valence-corrected chi connectivity index (χ2v) is 8.64. The quantitative estimate of drug-likeness (QED) is 0.361. The molecule has 1 amide bonds. The van der Waals surface area contributed by atoms with Gasteiger partial charge in [0.05, 0.1) is 18.3 Å². The van der Waals surface area contributed by atoms with Crippen LogP contribution >= 0.6 is 0 Å². The van der Waals surface area contributed by atoms with Gasteiger partial charge in [-0.05, 0) is 66.9 Å². The number of halogens is 1. The van der Waals surface area contributed by atoms with E-state index in [-0.39, 0.29) is 30.1 Å². The molecular weight excluding hydrogens is 445 g/mol. The number of hydrogen-bond donors (Lipinski definition) is 0. The van der Waals surface area contributed by atoms with Crippen LogP contribution in [0.15, 0.2) is 72.8 Å². The van der Waals surface area contributed by atoms with E-state index in [4.69, 9.17) is 4.74 Å². The topological polar surface area (TPSA) is 64.4 Å². The number of hydrogen-bond acceptors (Lipinski definition) is 4. The molecule has 1 fully saturated rings. The lowest BCUT2D eigenvalue weighted by Gasteiger charge is -2.33. The molecule has 0 spiro atoms. The van der Waals surface area contributed by atoms with Crippen molar-refractivity contribution in [1.29, 1.82) is 0 Å². The van der Waals surface area contributed by atoms with Gasteiger partial charge < -0.3 is 9.64 Å². The molecular formula is C28H26FN3O3. The Labute approximate surface area is 202 Å². The number of carbonyl (C=O) groups excluding carboxylic acids is 2. The van der Waals surface area contributed by atoms with E-state index in [0.717, 1.165) is 22.0 Å². The SMILES string of the molecule is CCOC(=O)c1cc(-c2ccc(F)cc2)n(C2CCN(C(=O)c3cccc4ccccc34)CC2)n1. The smallest absolute Gasteiger partial charge is 0.358 e. The molecule has 0 radical (unpaired) electrons. The van der Waals surface area contributed by atoms with Crippen LogP contribution in [0.5, 0.6) is 0 Å². The summed E-state index contributed by atoms with van der Waals surface area (Å²) in [6.07, 6.45) is 1.38. The minimum absolute atomic E-state index is 0.00482. The summed E-state index contributed by atoms with van der Waals surface area (Å²) in [5.41, 5.74) is 2.42. The zero-order chi connectivity index (χ0) is 24.4. The highest BCUT2D eigenvalue weighted by molar-refractivity contribution is 6.07. The molecule has 0 saturated carbocycles. The molecule has 4 aromatic rings. The van der Waals surface area contributed by atoms with Gasteiger partial charge in [-0.2, -0.15) is 5.10 Å². The highest BCUT2D eigenvalue weighted by Gasteiger charge is 2.28. The lowest BCUT2D eigenvalue weighted by Crippen LogP contribution is -2.39. The molecule has 1 aromatic heterocycles. The van der Waals surface area contributed by atoms with E-state index in [9.17, 15) is 14.0 Å². The number of fused-ring (bicyclic) bond motifs is 1. The Balaban J connectivity index is 1.39. The van der Waals surface area contributed by atoms with Crippen molar-refractivity contribution in [2.75, 3.05) is 19.7 Å². The fourth-order valence-electron chi connectivity index (χ4n) is 4.71. The predicted molar refractivity (Wildman–Crippen MR) is 132 cm³/mol. The maximum Gasteiger partial charge on any atom is 0.358 e. The minimum Gasteiger partial charge on any atom is -0.461 e. The van der Waals surface area contributed by atoms with Crippen molar-refractivity contribution in [2.45, 2.75) is 25.8 Å². The summed E-state index contributed by atoms with van der Waals surface area (Å²) >= 11 is 0. The Morgan fingerprint density at radius 1 is 1.00 bits per heavy atom. The van der Waals surface area contributed by atoms with Crippen molar-refractivity contribution >= 4 is 22.6 Å². The summed E-state index contributed by atoms with van der Waals surface area (Å²) in [4.78, 5) is 27.6. The highest BCUT2D eigenvalue weighted by atomic mass is 19.1. The van der Waals surface area contributed by atoms with Crippen LogP contribution in [-0.2, 0) is 4.74 Å². The lowest BCUT2D eigenvalue weighted by atomic mass is 10.0. The minimum atomic E-state index is -0.488. The zero-order valence-corrected chi connectivity index (χ0v) is 19.5. The Kier molecular flexibility index (Phi) is 6.31. The molecule has 5 rings (SSSR count). The number of likely N-dealkylation sites (tertiary alicyclic amines) is 1. The van der Waals surface area contributed by atoms with Gasteiger partial charge in [-0.25, -0.2) is 9.18 Å². The van der Waals surface area contributed by atoms with Crippen molar-refractivity contribution in [3.63, 3.8) is 0 Å². The van der Waals surface area contributed by atoms with Crippen molar-refractivity contribution in [3.8, 4) is 11.3 Å². The number of rotatable bonds is 5. The molecule has 0 bridgehead atoms. The van der Waals surface area contributed by atoms with Gasteiger partial charge >= 0.3 is 5.97 Å². The van der Waals surface area contributed by atoms with Gasteiger partial charge in [-0.15, -0.1) is 0 Å². The summed E-state index contributed by atoms with van der Waals surface area (Å²) < 4.78 is 20.5. The van der Waals surface area contributed by atoms with Crippen LogP contribution < -0.4 is 0 Å². The summed E-state index contributed by atoms with van der Waals surface area (Å²) in [5.74, 6) is -0.796. The number of carbonyl (C=O) groups is 2. The molecule has 0 unspecified atom stereocenters. The second-order valence-electron chi connectivity index (χ2n) is 8.64. The second kappa shape index (κ2) is 9.70. The Morgan fingerprint density at radius 2 is 1.71 bits per heavy atom. The molecule has 7 heteroatoms. The van der Waals surface area contributed by atoms with E-state index in [1.807, 2.05) is 52.0 Å². The van der Waals surface area contributed by atoms with Crippen LogP contribution in [0.1, 0.15) is 46.7 Å². The number of aromatic nitrogens is 2. The third-order valence-electron chi connectivity index (χ3n) is 6.48. The first-order valence-corrected chi connectivity index (χ1v) is 11.8. The maximum atomic E-state index is 13.5. The zero-order valence-electron chi connectivity index (χ0n) is 19.5. The number of benzene rings is 3. The first-order valence-electron chi connectivity index (χ1n) is 11.8. The lowest BCUT2D eigenvalue weighted by molar-refractivity contribution is 0.0517. The normalized spacial score (nSPS) is 14.3. The molecule has 35 heavy (non-hydrogen) atoms. The van der Waals surface area contributed by atoms with Gasteiger partial charge in [-0.3, -0.25) is 9.48 Å². The number of nitrogens with zero attached hydrogens (tertiary/aromatic N) is 3. The molecule has 0 atom stereocenters. The van der Waals surface area contributed by atoms with Crippen LogP contribution in [0.3, 0.4) is 0 Å². The molecule has 1 aliphatic rings. The summed E-state index contributed by atoms with van der Waals surface area (Å²) in [5, 5.41) is 6.56. The first kappa shape index (κ1) is 22.8. The van der Waals surface area contributed by atoms with Crippen LogP contribution in [0.4, 0.5) is 4.39 Å². The van der Waals surface area contributed by atoms with Crippen molar-refractivity contribution in [3.05, 3.63) is 89.9 Å². The Hall–Kier alpha value is -4.00. The molecule has 3 aromatic carbocycles. The van der Waals surface area contributed by atoms with Crippen molar-refractivity contribution in [1.82, 2.24) is 14.7 Å². The monoisotopic (exact) mass is 471 g/mol. The predicted octanol–water partition coefficient (Wildman–Crippen LogP) is 5.50. The van der Waals surface area contributed by atoms with E-state index in [0.29, 0.717) is 31.5 Å². The fraction of sp³-hybridized carbons (Fsp3) is 0.250. The van der Waals surface area contributed by atoms with Gasteiger partial charge in [0.2, 0.25) is 0 Å². The Morgan fingerprint density at radius 3 is 2.46 bits per heavy atom. The van der Waals surface area contributed by atoms with E-state index >= 15 is 0 Å². The fourth-order valence-corrected chi connectivity index (χ4v) is 4.71. The number of ether oxygens (including phenoxy) is 1. The maximum absolute atomic E-state index is 13.5. The number of piperidine rings is 1. The van der Waals surface area contributed by atoms with E-state index in [2.05, 4.69) is 5.10 Å². The molecule has 0 N–H and O–H groups in total. The Bertz CT molecular complexity index is 1370. The van der Waals surface area contributed by atoms with Crippen LogP contribution in [0.2, 0.25) is 0 Å². The van der Waals surface area contributed by atoms with Crippen LogP contribution in [-0.4, -0.2) is 46.3 Å². The molecule has 1 saturated heterocycles. The van der Waals surface area contributed by atoms with Gasteiger partial charge in [0.15, 0.2) is 5.69 Å². The first-order chi connectivity index (χ1) is 17.0. The molecule has 2 heterocycles. The average Bonchev–Trinajstić information content (AvgIpc) is 3.34. The van der Waals surface area contributed by atoms with Crippen molar-refractivity contribution in [2.24, 2.45) is 0 Å². The van der Waals surface area contributed by atoms with E-state index in [1.54, 1.807) is 25.1 Å². The van der Waals surface area contributed by atoms with E-state index < -0.39 is 5.97 Å². The summed E-state index contributed by atoms with van der Waals surface area (Å²) in [6.45, 7) is 3.15. The van der Waals surface area contributed by atoms with Gasteiger partial charge in [0, 0.05) is 24.2 Å². The van der Waals surface area contributed by atoms with Gasteiger partial charge in [0.25, 0.3) is 5.91 Å². The third kappa shape index (κ3) is 4.54. The van der Waals surface area contributed by atoms with Gasteiger partial charge in [-0.1, -0.05) is 36.4 Å². The van der Waals surface area contributed by atoms with Crippen molar-refractivity contribution < 1.29 is 18.7 Å². The highest BCUT2D eigenvalue weighted by Crippen LogP contribution is 2.31. The van der Waals surface area contributed by atoms with Gasteiger partial charge in [0.1, 0.15) is 5.82 Å². The molecule has 6 nitrogen and oxygen atoms in total.